The monoisotopic (exact) mass is 514 g/mol. The highest BCUT2D eigenvalue weighted by Gasteiger charge is 2.34. The van der Waals surface area contributed by atoms with Crippen molar-refractivity contribution in [1.82, 2.24) is 10.2 Å². The number of ether oxygens (including phenoxy) is 2. The lowest BCUT2D eigenvalue weighted by atomic mass is 9.73. The van der Waals surface area contributed by atoms with Crippen LogP contribution in [0.2, 0.25) is 0 Å². The minimum atomic E-state index is 0. The fraction of sp³-hybridized carbons (Fsp3) is 0.682. The van der Waals surface area contributed by atoms with Crippen molar-refractivity contribution in [2.24, 2.45) is 16.1 Å². The number of nitrogens with two attached hydrogens (primary N) is 1. The highest BCUT2D eigenvalue weighted by atomic mass is 127. The maximum absolute atomic E-state index is 6.34. The minimum absolute atomic E-state index is 0. The Kier molecular flexibility index (Phi) is 8.44. The number of nitrogens with zero attached hydrogens (tertiary/aromatic N) is 2. The Balaban J connectivity index is 0.00000240. The largest absolute Gasteiger partial charge is 0.493 e. The maximum Gasteiger partial charge on any atom is 0.189 e. The number of nitrogens with one attached hydrogen (secondary N) is 1. The van der Waals surface area contributed by atoms with E-state index in [1.54, 1.807) is 0 Å². The second-order valence-corrected chi connectivity index (χ2v) is 8.52. The molecule has 0 amide bonds. The van der Waals surface area contributed by atoms with Gasteiger partial charge in [-0.3, -0.25) is 9.89 Å². The topological polar surface area (TPSA) is 72.1 Å². The van der Waals surface area contributed by atoms with Crippen molar-refractivity contribution in [3.8, 4) is 5.75 Å². The van der Waals surface area contributed by atoms with Crippen LogP contribution in [0.15, 0.2) is 29.3 Å². The SMILES string of the molecule is I.NC(=NCC1(CN2CCOCC2)CCCCC1)NC1CCOc2ccccc21. The van der Waals surface area contributed by atoms with Crippen molar-refractivity contribution >= 4 is 29.9 Å². The van der Waals surface area contributed by atoms with Crippen molar-refractivity contribution < 1.29 is 9.47 Å². The van der Waals surface area contributed by atoms with Gasteiger partial charge in [-0.25, -0.2) is 0 Å². The van der Waals surface area contributed by atoms with Gasteiger partial charge in [-0.05, 0) is 18.9 Å². The summed E-state index contributed by atoms with van der Waals surface area (Å²) in [5.74, 6) is 1.52. The van der Waals surface area contributed by atoms with Crippen LogP contribution in [-0.2, 0) is 4.74 Å². The maximum atomic E-state index is 6.34. The van der Waals surface area contributed by atoms with E-state index in [4.69, 9.17) is 20.2 Å². The first kappa shape index (κ1) is 22.6. The van der Waals surface area contributed by atoms with E-state index in [9.17, 15) is 0 Å². The first-order valence-corrected chi connectivity index (χ1v) is 10.8. The number of benzene rings is 1. The molecule has 1 saturated carbocycles. The van der Waals surface area contributed by atoms with E-state index in [2.05, 4.69) is 22.3 Å². The molecule has 2 heterocycles. The number of para-hydroxylation sites is 1. The zero-order chi connectivity index (χ0) is 19.2. The highest BCUT2D eigenvalue weighted by Crippen LogP contribution is 2.38. The number of aliphatic imine (C=N–C) groups is 1. The Morgan fingerprint density at radius 2 is 1.90 bits per heavy atom. The van der Waals surface area contributed by atoms with Gasteiger partial charge in [0.2, 0.25) is 0 Å². The van der Waals surface area contributed by atoms with Gasteiger partial charge in [-0.1, -0.05) is 37.5 Å². The normalized spacial score (nSPS) is 24.7. The number of morpholine rings is 1. The summed E-state index contributed by atoms with van der Waals surface area (Å²) in [5.41, 5.74) is 7.77. The summed E-state index contributed by atoms with van der Waals surface area (Å²) in [5, 5.41) is 3.45. The number of fused-ring (bicyclic) bond motifs is 1. The van der Waals surface area contributed by atoms with E-state index < -0.39 is 0 Å². The molecule has 1 atom stereocenters. The molecule has 7 heteroatoms. The molecular formula is C22H35IN4O2. The van der Waals surface area contributed by atoms with Crippen molar-refractivity contribution in [3.05, 3.63) is 29.8 Å². The Bertz CT molecular complexity index is 673. The summed E-state index contributed by atoms with van der Waals surface area (Å²) < 4.78 is 11.3. The molecule has 1 unspecified atom stereocenters. The van der Waals surface area contributed by atoms with Crippen LogP contribution in [0.4, 0.5) is 0 Å². The molecule has 0 radical (unpaired) electrons. The van der Waals surface area contributed by atoms with E-state index >= 15 is 0 Å². The summed E-state index contributed by atoms with van der Waals surface area (Å²) in [7, 11) is 0. The Hall–Kier alpha value is -1.06. The van der Waals surface area contributed by atoms with Crippen LogP contribution in [0.5, 0.6) is 5.75 Å². The van der Waals surface area contributed by atoms with Crippen molar-refractivity contribution in [3.63, 3.8) is 0 Å². The van der Waals surface area contributed by atoms with Crippen LogP contribution in [-0.4, -0.2) is 56.9 Å². The van der Waals surface area contributed by atoms with Crippen molar-refractivity contribution in [1.29, 1.82) is 0 Å². The Labute approximate surface area is 191 Å². The van der Waals surface area contributed by atoms with Crippen molar-refractivity contribution in [2.45, 2.75) is 44.6 Å². The van der Waals surface area contributed by atoms with E-state index in [0.717, 1.165) is 51.6 Å². The first-order chi connectivity index (χ1) is 13.7. The van der Waals surface area contributed by atoms with Crippen LogP contribution >= 0.6 is 24.0 Å². The standard InChI is InChI=1S/C22H34N4O2.HI/c23-21(25-19-8-13-28-20-7-3-2-6-18(19)20)24-16-22(9-4-1-5-10-22)17-26-11-14-27-15-12-26;/h2-3,6-7,19H,1,4-5,8-17H2,(H3,23,24,25);1H. The van der Waals surface area contributed by atoms with Crippen LogP contribution in [0.25, 0.3) is 0 Å². The third kappa shape index (κ3) is 5.98. The molecule has 0 bridgehead atoms. The average molecular weight is 514 g/mol. The molecule has 1 aromatic rings. The lowest BCUT2D eigenvalue weighted by molar-refractivity contribution is 0.00938. The second-order valence-electron chi connectivity index (χ2n) is 8.52. The van der Waals surface area contributed by atoms with E-state index in [1.165, 1.54) is 37.7 Å². The van der Waals surface area contributed by atoms with Gasteiger partial charge >= 0.3 is 0 Å². The predicted octanol–water partition coefficient (Wildman–Crippen LogP) is 3.32. The Morgan fingerprint density at radius 1 is 1.14 bits per heavy atom. The fourth-order valence-corrected chi connectivity index (χ4v) is 4.87. The molecule has 2 aliphatic heterocycles. The lowest BCUT2D eigenvalue weighted by Crippen LogP contribution is -2.46. The van der Waals surface area contributed by atoms with Gasteiger partial charge in [0, 0.05) is 43.6 Å². The molecule has 1 aliphatic carbocycles. The van der Waals surface area contributed by atoms with E-state index in [1.807, 2.05) is 12.1 Å². The molecule has 0 spiro atoms. The summed E-state index contributed by atoms with van der Waals surface area (Å²) >= 11 is 0. The number of rotatable bonds is 5. The molecule has 3 aliphatic rings. The zero-order valence-electron chi connectivity index (χ0n) is 17.3. The smallest absolute Gasteiger partial charge is 0.189 e. The minimum Gasteiger partial charge on any atom is -0.493 e. The molecule has 1 saturated heterocycles. The molecule has 1 aromatic carbocycles. The van der Waals surface area contributed by atoms with Crippen molar-refractivity contribution in [2.75, 3.05) is 46.0 Å². The van der Waals surface area contributed by atoms with Gasteiger partial charge in [0.15, 0.2) is 5.96 Å². The van der Waals surface area contributed by atoms with Crippen LogP contribution in [0.1, 0.15) is 50.1 Å². The van der Waals surface area contributed by atoms with E-state index in [0.29, 0.717) is 12.6 Å². The van der Waals surface area contributed by atoms with Gasteiger partial charge in [0.1, 0.15) is 5.75 Å². The van der Waals surface area contributed by atoms with Crippen LogP contribution < -0.4 is 15.8 Å². The summed E-state index contributed by atoms with van der Waals surface area (Å²) in [6.45, 7) is 6.43. The molecule has 0 aromatic heterocycles. The predicted molar refractivity (Wildman–Crippen MR) is 127 cm³/mol. The molecule has 6 nitrogen and oxygen atoms in total. The van der Waals surface area contributed by atoms with Gasteiger partial charge < -0.3 is 20.5 Å². The molecule has 3 N–H and O–H groups in total. The van der Waals surface area contributed by atoms with Crippen LogP contribution in [0.3, 0.4) is 0 Å². The van der Waals surface area contributed by atoms with E-state index in [-0.39, 0.29) is 35.4 Å². The summed E-state index contributed by atoms with van der Waals surface area (Å²) in [6, 6.07) is 8.37. The van der Waals surface area contributed by atoms with Gasteiger partial charge in [-0.2, -0.15) is 0 Å². The Morgan fingerprint density at radius 3 is 2.69 bits per heavy atom. The third-order valence-corrected chi connectivity index (χ3v) is 6.44. The number of guanidine groups is 1. The fourth-order valence-electron chi connectivity index (χ4n) is 4.87. The van der Waals surface area contributed by atoms with Gasteiger partial charge in [0.25, 0.3) is 0 Å². The summed E-state index contributed by atoms with van der Waals surface area (Å²) in [4.78, 5) is 7.40. The number of hydrogen-bond donors (Lipinski definition) is 2. The quantitative estimate of drug-likeness (QED) is 0.359. The lowest BCUT2D eigenvalue weighted by Gasteiger charge is -2.41. The second kappa shape index (κ2) is 10.8. The third-order valence-electron chi connectivity index (χ3n) is 6.44. The molecular weight excluding hydrogens is 479 g/mol. The van der Waals surface area contributed by atoms with Gasteiger partial charge in [0.05, 0.1) is 25.9 Å². The summed E-state index contributed by atoms with van der Waals surface area (Å²) in [6.07, 6.45) is 7.37. The molecule has 4 rings (SSSR count). The molecule has 162 valence electrons. The molecule has 2 fully saturated rings. The number of halogens is 1. The highest BCUT2D eigenvalue weighted by molar-refractivity contribution is 14.0. The first-order valence-electron chi connectivity index (χ1n) is 10.8. The van der Waals surface area contributed by atoms with Crippen LogP contribution in [0, 0.1) is 5.41 Å². The average Bonchev–Trinajstić information content (AvgIpc) is 2.74. The molecule has 29 heavy (non-hydrogen) atoms. The number of hydrogen-bond acceptors (Lipinski definition) is 4. The zero-order valence-corrected chi connectivity index (χ0v) is 19.6. The van der Waals surface area contributed by atoms with Gasteiger partial charge in [-0.15, -0.1) is 24.0 Å².